The van der Waals surface area contributed by atoms with Crippen molar-refractivity contribution in [3.05, 3.63) is 65.8 Å². The standard InChI is InChI=1S/C24H35NO7SSi/c1-7-20-17-25(33(27,28)21-14-12-19(3)13-15-21)18-23(20)22(24(26)32-8-2)11-9-10-16-34(29-4,30-5)31-6/h7,9,11-15,22H,1,8,10,16-18H2,2-6H3. The lowest BCUT2D eigenvalue weighted by Crippen LogP contribution is -2.42. The molecule has 1 unspecified atom stereocenters. The molecule has 0 spiro atoms. The highest BCUT2D eigenvalue weighted by molar-refractivity contribution is 7.89. The number of hydrogen-bond donors (Lipinski definition) is 0. The number of benzene rings is 1. The van der Waals surface area contributed by atoms with Crippen LogP contribution in [0.4, 0.5) is 0 Å². The van der Waals surface area contributed by atoms with E-state index in [1.165, 1.54) is 4.31 Å². The van der Waals surface area contributed by atoms with Gasteiger partial charge < -0.3 is 18.0 Å². The van der Waals surface area contributed by atoms with Crippen LogP contribution in [-0.2, 0) is 32.8 Å². The third kappa shape index (κ3) is 6.53. The summed E-state index contributed by atoms with van der Waals surface area (Å²) in [6.45, 7) is 7.93. The fourth-order valence-electron chi connectivity index (χ4n) is 3.78. The quantitative estimate of drug-likeness (QED) is 0.228. The lowest BCUT2D eigenvalue weighted by atomic mass is 9.95. The summed E-state index contributed by atoms with van der Waals surface area (Å²) in [5, 5.41) is 0. The van der Waals surface area contributed by atoms with Gasteiger partial charge in [0.05, 0.1) is 17.4 Å². The Labute approximate surface area is 204 Å². The van der Waals surface area contributed by atoms with E-state index >= 15 is 0 Å². The Morgan fingerprint density at radius 1 is 1.15 bits per heavy atom. The van der Waals surface area contributed by atoms with Gasteiger partial charge in [-0.1, -0.05) is 42.5 Å². The van der Waals surface area contributed by atoms with Gasteiger partial charge in [-0.25, -0.2) is 8.42 Å². The molecule has 0 saturated carbocycles. The largest absolute Gasteiger partial charge is 0.500 e. The molecule has 10 heteroatoms. The van der Waals surface area contributed by atoms with Crippen molar-refractivity contribution in [1.29, 1.82) is 0 Å². The molecule has 1 aliphatic rings. The number of carbonyl (C=O) groups excluding carboxylic acids is 1. The van der Waals surface area contributed by atoms with E-state index in [1.807, 2.05) is 13.0 Å². The number of rotatable bonds is 13. The molecule has 188 valence electrons. The fourth-order valence-corrected chi connectivity index (χ4v) is 6.81. The SMILES string of the molecule is C=CC1=C(C(C=CCC[Si](OC)(OC)OC)C(=O)OCC)CN(S(=O)(=O)c2ccc(C)cc2)C1. The fraction of sp³-hybridized carbons (Fsp3) is 0.458. The van der Waals surface area contributed by atoms with Gasteiger partial charge >= 0.3 is 14.8 Å². The minimum atomic E-state index is -3.73. The van der Waals surface area contributed by atoms with Crippen LogP contribution in [0.5, 0.6) is 0 Å². The summed E-state index contributed by atoms with van der Waals surface area (Å²) in [5.41, 5.74) is 2.34. The first kappa shape index (κ1) is 28.2. The summed E-state index contributed by atoms with van der Waals surface area (Å²) in [4.78, 5) is 13.1. The molecular weight excluding hydrogens is 474 g/mol. The average Bonchev–Trinajstić information content (AvgIpc) is 3.27. The van der Waals surface area contributed by atoms with Crippen LogP contribution in [0.1, 0.15) is 18.9 Å². The third-order valence-electron chi connectivity index (χ3n) is 5.81. The summed E-state index contributed by atoms with van der Waals surface area (Å²) >= 11 is 0. The molecule has 0 aromatic heterocycles. The van der Waals surface area contributed by atoms with Gasteiger partial charge in [0.2, 0.25) is 10.0 Å². The zero-order valence-corrected chi connectivity index (χ0v) is 22.4. The Balaban J connectivity index is 2.28. The molecule has 1 heterocycles. The molecule has 0 saturated heterocycles. The van der Waals surface area contributed by atoms with Crippen LogP contribution >= 0.6 is 0 Å². The van der Waals surface area contributed by atoms with E-state index in [-0.39, 0.29) is 24.6 Å². The molecule has 0 amide bonds. The number of nitrogens with zero attached hydrogens (tertiary/aromatic N) is 1. The Morgan fingerprint density at radius 3 is 2.29 bits per heavy atom. The van der Waals surface area contributed by atoms with Crippen molar-refractivity contribution in [2.45, 2.75) is 31.2 Å². The van der Waals surface area contributed by atoms with E-state index in [0.29, 0.717) is 23.6 Å². The molecule has 34 heavy (non-hydrogen) atoms. The summed E-state index contributed by atoms with van der Waals surface area (Å²) in [6, 6.07) is 7.25. The second kappa shape index (κ2) is 12.6. The van der Waals surface area contributed by atoms with E-state index in [0.717, 1.165) is 5.56 Å². The first-order valence-corrected chi connectivity index (χ1v) is 14.4. The highest BCUT2D eigenvalue weighted by Gasteiger charge is 2.38. The monoisotopic (exact) mass is 509 g/mol. The maximum atomic E-state index is 13.2. The molecule has 2 rings (SSSR count). The average molecular weight is 510 g/mol. The molecule has 1 aromatic carbocycles. The van der Waals surface area contributed by atoms with Crippen molar-refractivity contribution in [1.82, 2.24) is 4.31 Å². The van der Waals surface area contributed by atoms with Crippen LogP contribution in [0.3, 0.4) is 0 Å². The molecule has 1 aromatic rings. The first-order valence-electron chi connectivity index (χ1n) is 11.1. The maximum absolute atomic E-state index is 13.2. The molecule has 0 N–H and O–H groups in total. The molecule has 0 fully saturated rings. The summed E-state index contributed by atoms with van der Waals surface area (Å²) < 4.78 is 49.4. The molecule has 1 atom stereocenters. The minimum absolute atomic E-state index is 0.0816. The Bertz CT molecular complexity index is 1010. The van der Waals surface area contributed by atoms with Gasteiger partial charge in [0, 0.05) is 40.5 Å². The molecular formula is C24H35NO7SSi. The van der Waals surface area contributed by atoms with E-state index in [4.69, 9.17) is 18.0 Å². The number of aryl methyl sites for hydroxylation is 1. The summed E-state index contributed by atoms with van der Waals surface area (Å²) in [7, 11) is -1.83. The van der Waals surface area contributed by atoms with Crippen LogP contribution in [0.25, 0.3) is 0 Å². The van der Waals surface area contributed by atoms with Crippen LogP contribution in [0, 0.1) is 12.8 Å². The Morgan fingerprint density at radius 2 is 1.76 bits per heavy atom. The van der Waals surface area contributed by atoms with Crippen LogP contribution in [-0.4, -0.2) is 68.5 Å². The first-order chi connectivity index (χ1) is 16.2. The van der Waals surface area contributed by atoms with Crippen LogP contribution in [0.15, 0.2) is 65.1 Å². The minimum Gasteiger partial charge on any atom is -0.465 e. The Kier molecular flexibility index (Phi) is 10.4. The summed E-state index contributed by atoms with van der Waals surface area (Å²) in [5.74, 6) is -1.16. The van der Waals surface area contributed by atoms with Gasteiger partial charge in [0.15, 0.2) is 0 Å². The van der Waals surface area contributed by atoms with Gasteiger partial charge in [0.25, 0.3) is 0 Å². The second-order valence-electron chi connectivity index (χ2n) is 7.83. The van der Waals surface area contributed by atoms with Crippen molar-refractivity contribution in [3.63, 3.8) is 0 Å². The number of ether oxygens (including phenoxy) is 1. The van der Waals surface area contributed by atoms with Crippen molar-refractivity contribution < 1.29 is 31.2 Å². The zero-order chi connectivity index (χ0) is 25.4. The van der Waals surface area contributed by atoms with Gasteiger partial charge in [-0.15, -0.1) is 0 Å². The van der Waals surface area contributed by atoms with Gasteiger partial charge in [-0.05, 0) is 43.5 Å². The van der Waals surface area contributed by atoms with E-state index < -0.39 is 30.7 Å². The van der Waals surface area contributed by atoms with E-state index in [2.05, 4.69) is 6.58 Å². The van der Waals surface area contributed by atoms with Crippen molar-refractivity contribution in [2.24, 2.45) is 5.92 Å². The smallest absolute Gasteiger partial charge is 0.465 e. The van der Waals surface area contributed by atoms with Gasteiger partial charge in [-0.2, -0.15) is 4.31 Å². The Hall–Kier alpha value is -2.08. The van der Waals surface area contributed by atoms with Crippen LogP contribution < -0.4 is 0 Å². The summed E-state index contributed by atoms with van der Waals surface area (Å²) in [6.07, 6.45) is 5.77. The highest BCUT2D eigenvalue weighted by Crippen LogP contribution is 2.31. The van der Waals surface area contributed by atoms with E-state index in [9.17, 15) is 13.2 Å². The van der Waals surface area contributed by atoms with E-state index in [1.54, 1.807) is 64.7 Å². The van der Waals surface area contributed by atoms with Crippen molar-refractivity contribution in [2.75, 3.05) is 41.0 Å². The van der Waals surface area contributed by atoms with Crippen molar-refractivity contribution in [3.8, 4) is 0 Å². The van der Waals surface area contributed by atoms with Crippen molar-refractivity contribution >= 4 is 24.8 Å². The normalized spacial score (nSPS) is 16.3. The van der Waals surface area contributed by atoms with Crippen LogP contribution in [0.2, 0.25) is 6.04 Å². The zero-order valence-electron chi connectivity index (χ0n) is 20.6. The third-order valence-corrected chi connectivity index (χ3v) is 10.4. The number of sulfonamides is 1. The molecule has 1 aliphatic heterocycles. The molecule has 0 aliphatic carbocycles. The van der Waals surface area contributed by atoms with Gasteiger partial charge in [0.1, 0.15) is 0 Å². The lowest BCUT2D eigenvalue weighted by molar-refractivity contribution is -0.145. The number of carbonyl (C=O) groups is 1. The predicted octanol–water partition coefficient (Wildman–Crippen LogP) is 3.49. The molecule has 0 bridgehead atoms. The lowest BCUT2D eigenvalue weighted by Gasteiger charge is -2.23. The number of hydrogen-bond acceptors (Lipinski definition) is 7. The number of allylic oxidation sites excluding steroid dienone is 1. The second-order valence-corrected chi connectivity index (χ2v) is 12.9. The molecule has 8 nitrogen and oxygen atoms in total. The van der Waals surface area contributed by atoms with Gasteiger partial charge in [-0.3, -0.25) is 4.79 Å². The predicted molar refractivity (Wildman–Crippen MR) is 133 cm³/mol. The highest BCUT2D eigenvalue weighted by atomic mass is 32.2. The molecule has 0 radical (unpaired) electrons. The maximum Gasteiger partial charge on any atom is 0.500 e. The topological polar surface area (TPSA) is 91.4 Å². The number of esters is 1.